The summed E-state index contributed by atoms with van der Waals surface area (Å²) >= 11 is 0. The quantitative estimate of drug-likeness (QED) is 0.568. The number of hydrogen-bond acceptors (Lipinski definition) is 4. The van der Waals surface area contributed by atoms with Gasteiger partial charge in [0.05, 0.1) is 4.92 Å². The minimum Gasteiger partial charge on any atom is -0.502 e. The molecule has 0 aliphatic heterocycles. The van der Waals surface area contributed by atoms with E-state index < -0.39 is 4.92 Å². The van der Waals surface area contributed by atoms with Crippen molar-refractivity contribution in [1.29, 1.82) is 0 Å². The van der Waals surface area contributed by atoms with Gasteiger partial charge in [0.2, 0.25) is 0 Å². The molecule has 0 aliphatic carbocycles. The van der Waals surface area contributed by atoms with E-state index in [0.717, 1.165) is 5.56 Å². The van der Waals surface area contributed by atoms with Crippen molar-refractivity contribution in [3.63, 3.8) is 0 Å². The molecule has 76 valence electrons. The highest BCUT2D eigenvalue weighted by Gasteiger charge is 2.14. The predicted molar refractivity (Wildman–Crippen MR) is 52.2 cm³/mol. The molecule has 0 aromatic heterocycles. The van der Waals surface area contributed by atoms with Gasteiger partial charge in [-0.05, 0) is 25.6 Å². The molecule has 1 aromatic rings. The zero-order valence-electron chi connectivity index (χ0n) is 8.02. The number of nitrogens with one attached hydrogen (secondary N) is 1. The van der Waals surface area contributed by atoms with Gasteiger partial charge in [-0.1, -0.05) is 6.07 Å². The van der Waals surface area contributed by atoms with Gasteiger partial charge in [0, 0.05) is 12.1 Å². The topological polar surface area (TPSA) is 75.4 Å². The third kappa shape index (κ3) is 2.00. The number of nitro benzene ring substituents is 1. The third-order valence-corrected chi connectivity index (χ3v) is 2.13. The second kappa shape index (κ2) is 4.06. The summed E-state index contributed by atoms with van der Waals surface area (Å²) in [6.45, 7) is 1.90. The Morgan fingerprint density at radius 1 is 1.57 bits per heavy atom. The fraction of sp³-hybridized carbons (Fsp3) is 0.333. The molecule has 5 heteroatoms. The zero-order valence-corrected chi connectivity index (χ0v) is 8.02. The summed E-state index contributed by atoms with van der Waals surface area (Å²) in [6, 6.07) is 4.39. The van der Waals surface area contributed by atoms with Crippen LogP contribution in [0.25, 0.3) is 0 Å². The number of benzene rings is 1. The van der Waals surface area contributed by atoms with Crippen LogP contribution >= 0.6 is 0 Å². The second-order valence-electron chi connectivity index (χ2n) is 3.02. The van der Waals surface area contributed by atoms with Crippen LogP contribution in [0.4, 0.5) is 5.69 Å². The van der Waals surface area contributed by atoms with Crippen molar-refractivity contribution < 1.29 is 10.0 Å². The van der Waals surface area contributed by atoms with Crippen molar-refractivity contribution in [1.82, 2.24) is 5.32 Å². The van der Waals surface area contributed by atoms with E-state index in [0.29, 0.717) is 0 Å². The predicted octanol–water partition coefficient (Wildman–Crippen LogP) is 1.58. The highest BCUT2D eigenvalue weighted by atomic mass is 16.6. The van der Waals surface area contributed by atoms with Gasteiger partial charge >= 0.3 is 5.69 Å². The monoisotopic (exact) mass is 196 g/mol. The molecule has 5 nitrogen and oxygen atoms in total. The molecule has 0 unspecified atom stereocenters. The third-order valence-electron chi connectivity index (χ3n) is 2.13. The van der Waals surface area contributed by atoms with Crippen LogP contribution in [-0.2, 0) is 0 Å². The lowest BCUT2D eigenvalue weighted by molar-refractivity contribution is -0.385. The smallest absolute Gasteiger partial charge is 0.310 e. The van der Waals surface area contributed by atoms with Crippen LogP contribution in [-0.4, -0.2) is 17.1 Å². The number of nitro groups is 1. The average molecular weight is 196 g/mol. The number of nitrogens with zero attached hydrogens (tertiary/aromatic N) is 1. The maximum atomic E-state index is 10.4. The van der Waals surface area contributed by atoms with Gasteiger partial charge in [0.1, 0.15) is 0 Å². The Labute approximate surface area is 81.5 Å². The van der Waals surface area contributed by atoms with Crippen molar-refractivity contribution in [2.45, 2.75) is 13.0 Å². The summed E-state index contributed by atoms with van der Waals surface area (Å²) in [7, 11) is 1.78. The van der Waals surface area contributed by atoms with Crippen molar-refractivity contribution in [2.75, 3.05) is 7.05 Å². The molecule has 0 bridgehead atoms. The van der Waals surface area contributed by atoms with Gasteiger partial charge < -0.3 is 10.4 Å². The Kier molecular flexibility index (Phi) is 3.03. The van der Waals surface area contributed by atoms with Crippen LogP contribution in [0, 0.1) is 10.1 Å². The van der Waals surface area contributed by atoms with Crippen molar-refractivity contribution in [3.8, 4) is 5.75 Å². The fourth-order valence-corrected chi connectivity index (χ4v) is 1.13. The lowest BCUT2D eigenvalue weighted by Crippen LogP contribution is -2.12. The summed E-state index contributed by atoms with van der Waals surface area (Å²) in [6.07, 6.45) is 0. The zero-order chi connectivity index (χ0) is 10.7. The van der Waals surface area contributed by atoms with Crippen LogP contribution in [0.5, 0.6) is 5.75 Å². The number of rotatable bonds is 3. The Hall–Kier alpha value is -1.62. The van der Waals surface area contributed by atoms with E-state index in [2.05, 4.69) is 5.32 Å². The maximum Gasteiger partial charge on any atom is 0.310 e. The molecular formula is C9H12N2O3. The molecule has 1 rings (SSSR count). The van der Waals surface area contributed by atoms with Crippen LogP contribution in [0.1, 0.15) is 18.5 Å². The minimum atomic E-state index is -0.608. The molecule has 14 heavy (non-hydrogen) atoms. The van der Waals surface area contributed by atoms with E-state index in [-0.39, 0.29) is 17.5 Å². The van der Waals surface area contributed by atoms with E-state index in [4.69, 9.17) is 0 Å². The van der Waals surface area contributed by atoms with Crippen LogP contribution < -0.4 is 5.32 Å². The van der Waals surface area contributed by atoms with Gasteiger partial charge in [-0.2, -0.15) is 0 Å². The van der Waals surface area contributed by atoms with Crippen LogP contribution in [0.2, 0.25) is 0 Å². The van der Waals surface area contributed by atoms with Crippen molar-refractivity contribution in [2.24, 2.45) is 0 Å². The summed E-state index contributed by atoms with van der Waals surface area (Å²) in [5, 5.41) is 22.7. The van der Waals surface area contributed by atoms with Gasteiger partial charge in [-0.15, -0.1) is 0 Å². The normalized spacial score (nSPS) is 12.4. The van der Waals surface area contributed by atoms with Gasteiger partial charge in [-0.3, -0.25) is 10.1 Å². The number of phenolic OH excluding ortho intramolecular Hbond substituents is 1. The number of hydrogen-bond donors (Lipinski definition) is 2. The highest BCUT2D eigenvalue weighted by Crippen LogP contribution is 2.28. The Balaban J connectivity index is 3.06. The fourth-order valence-electron chi connectivity index (χ4n) is 1.13. The van der Waals surface area contributed by atoms with Crippen molar-refractivity contribution in [3.05, 3.63) is 33.9 Å². The molecule has 0 saturated carbocycles. The Morgan fingerprint density at radius 3 is 2.64 bits per heavy atom. The largest absolute Gasteiger partial charge is 0.502 e. The van der Waals surface area contributed by atoms with E-state index in [1.807, 2.05) is 6.92 Å². The SMILES string of the molecule is CN[C@H](C)c1ccc([N+](=O)[O-])c(O)c1. The molecule has 0 aliphatic rings. The Bertz CT molecular complexity index is 352. The maximum absolute atomic E-state index is 10.4. The van der Waals surface area contributed by atoms with E-state index in [1.54, 1.807) is 13.1 Å². The van der Waals surface area contributed by atoms with Crippen LogP contribution in [0.3, 0.4) is 0 Å². The van der Waals surface area contributed by atoms with Gasteiger partial charge in [0.25, 0.3) is 0 Å². The first-order valence-corrected chi connectivity index (χ1v) is 4.21. The first-order valence-electron chi connectivity index (χ1n) is 4.21. The molecule has 1 atom stereocenters. The average Bonchev–Trinajstić information content (AvgIpc) is 2.15. The van der Waals surface area contributed by atoms with Gasteiger partial charge in [0.15, 0.2) is 5.75 Å². The lowest BCUT2D eigenvalue weighted by Gasteiger charge is -2.10. The summed E-state index contributed by atoms with van der Waals surface area (Å²) in [5.41, 5.74) is 0.549. The van der Waals surface area contributed by atoms with Crippen LogP contribution in [0.15, 0.2) is 18.2 Å². The first-order chi connectivity index (χ1) is 6.56. The molecule has 0 heterocycles. The highest BCUT2D eigenvalue weighted by molar-refractivity contribution is 5.47. The van der Waals surface area contributed by atoms with Gasteiger partial charge in [-0.25, -0.2) is 0 Å². The van der Waals surface area contributed by atoms with E-state index in [9.17, 15) is 15.2 Å². The van der Waals surface area contributed by atoms with E-state index in [1.165, 1.54) is 12.1 Å². The number of phenols is 1. The molecule has 0 amide bonds. The number of aromatic hydroxyl groups is 1. The molecule has 0 radical (unpaired) electrons. The van der Waals surface area contributed by atoms with Crippen molar-refractivity contribution >= 4 is 5.69 Å². The summed E-state index contributed by atoms with van der Waals surface area (Å²) in [4.78, 5) is 9.79. The minimum absolute atomic E-state index is 0.0571. The summed E-state index contributed by atoms with van der Waals surface area (Å²) < 4.78 is 0. The summed E-state index contributed by atoms with van der Waals surface area (Å²) in [5.74, 6) is -0.297. The lowest BCUT2D eigenvalue weighted by atomic mass is 10.1. The standard InChI is InChI=1S/C9H12N2O3/c1-6(10-2)7-3-4-8(11(13)14)9(12)5-7/h3-6,10,12H,1-2H3/t6-/m1/s1. The molecule has 0 spiro atoms. The first kappa shape index (κ1) is 10.5. The van der Waals surface area contributed by atoms with E-state index >= 15 is 0 Å². The second-order valence-corrected chi connectivity index (χ2v) is 3.02. The Morgan fingerprint density at radius 2 is 2.21 bits per heavy atom. The molecule has 1 aromatic carbocycles. The molecule has 0 saturated heterocycles. The molecular weight excluding hydrogens is 184 g/mol. The molecule has 2 N–H and O–H groups in total. The molecule has 0 fully saturated rings.